The molecule has 1 atom stereocenters. The Hall–Kier alpha value is -1.48. The summed E-state index contributed by atoms with van der Waals surface area (Å²) in [6.07, 6.45) is 0.379. The number of nitriles is 1. The van der Waals surface area contributed by atoms with E-state index in [1.807, 2.05) is 0 Å². The Kier molecular flexibility index (Phi) is 5.07. The molecular weight excluding hydrogens is 278 g/mol. The summed E-state index contributed by atoms with van der Waals surface area (Å²) in [4.78, 5) is 2.25. The Morgan fingerprint density at radius 1 is 1.50 bits per heavy atom. The van der Waals surface area contributed by atoms with E-state index in [-0.39, 0.29) is 16.8 Å². The second-order valence-corrected chi connectivity index (χ2v) is 5.12. The Bertz CT molecular complexity index is 510. The largest absolute Gasteiger partial charge is 0.503 e. The van der Waals surface area contributed by atoms with Gasteiger partial charge >= 0.3 is 0 Å². The maximum Gasteiger partial charge on any atom is 0.176 e. The zero-order valence-electron chi connectivity index (χ0n) is 11.4. The van der Waals surface area contributed by atoms with E-state index >= 15 is 0 Å². The molecule has 0 aliphatic carbocycles. The molecule has 2 N–H and O–H groups in total. The highest BCUT2D eigenvalue weighted by atomic mass is 35.5. The first-order chi connectivity index (χ1) is 9.67. The number of hydrogen-bond acceptors (Lipinski definition) is 5. The monoisotopic (exact) mass is 295 g/mol. The van der Waals surface area contributed by atoms with Crippen molar-refractivity contribution in [2.45, 2.75) is 12.5 Å². The molecule has 0 saturated carbocycles. The van der Waals surface area contributed by atoms with Gasteiger partial charge in [-0.05, 0) is 17.7 Å². The molecule has 1 aromatic carbocycles. The number of rotatable bonds is 4. The van der Waals surface area contributed by atoms with Crippen molar-refractivity contribution < 1.29 is 9.84 Å². The summed E-state index contributed by atoms with van der Waals surface area (Å²) in [6.45, 7) is 3.58. The lowest BCUT2D eigenvalue weighted by atomic mass is 10.0. The molecule has 1 aromatic rings. The van der Waals surface area contributed by atoms with Crippen LogP contribution in [-0.2, 0) is 0 Å². The molecule has 1 aliphatic rings. The van der Waals surface area contributed by atoms with Gasteiger partial charge in [0.15, 0.2) is 11.5 Å². The molecule has 5 nitrogen and oxygen atoms in total. The molecule has 1 fully saturated rings. The fourth-order valence-corrected chi connectivity index (χ4v) is 2.70. The standard InChI is InChI=1S/C14H18ClN3O2/c1-20-13-9-10(8-11(15)14(13)19)12(2-3-16)18-6-4-17-5-7-18/h8-9,12,17,19H,2,4-7H2,1H3/t12-/m1/s1. The lowest BCUT2D eigenvalue weighted by Crippen LogP contribution is -2.45. The summed E-state index contributed by atoms with van der Waals surface area (Å²) in [5.41, 5.74) is 0.896. The summed E-state index contributed by atoms with van der Waals surface area (Å²) in [7, 11) is 1.49. The van der Waals surface area contributed by atoms with E-state index in [2.05, 4.69) is 16.3 Å². The predicted octanol–water partition coefficient (Wildman–Crippen LogP) is 1.91. The summed E-state index contributed by atoms with van der Waals surface area (Å²) in [6, 6.07) is 5.66. The highest BCUT2D eigenvalue weighted by Gasteiger charge is 2.24. The fourth-order valence-electron chi connectivity index (χ4n) is 2.48. The number of nitrogens with one attached hydrogen (secondary N) is 1. The SMILES string of the molecule is COc1cc([C@@H](CC#N)N2CCNCC2)cc(Cl)c1O. The number of nitrogens with zero attached hydrogens (tertiary/aromatic N) is 2. The van der Waals surface area contributed by atoms with Gasteiger partial charge in [0.25, 0.3) is 0 Å². The number of methoxy groups -OCH3 is 1. The molecule has 6 heteroatoms. The molecule has 0 unspecified atom stereocenters. The average Bonchev–Trinajstić information content (AvgIpc) is 2.48. The van der Waals surface area contributed by atoms with Gasteiger partial charge in [0, 0.05) is 32.2 Å². The Labute approximate surface area is 123 Å². The van der Waals surface area contributed by atoms with Crippen LogP contribution < -0.4 is 10.1 Å². The van der Waals surface area contributed by atoms with Crippen LogP contribution in [0.1, 0.15) is 18.0 Å². The van der Waals surface area contributed by atoms with Crippen molar-refractivity contribution in [1.82, 2.24) is 10.2 Å². The molecule has 1 aliphatic heterocycles. The maximum atomic E-state index is 9.80. The lowest BCUT2D eigenvalue weighted by Gasteiger charge is -2.34. The molecule has 108 valence electrons. The van der Waals surface area contributed by atoms with Gasteiger partial charge < -0.3 is 15.2 Å². The zero-order chi connectivity index (χ0) is 14.5. The van der Waals surface area contributed by atoms with E-state index in [1.165, 1.54) is 7.11 Å². The van der Waals surface area contributed by atoms with Crippen LogP contribution >= 0.6 is 11.6 Å². The Morgan fingerprint density at radius 3 is 2.80 bits per heavy atom. The van der Waals surface area contributed by atoms with Gasteiger partial charge in [-0.25, -0.2) is 0 Å². The van der Waals surface area contributed by atoms with Gasteiger partial charge in [-0.3, -0.25) is 4.90 Å². The van der Waals surface area contributed by atoms with E-state index in [0.29, 0.717) is 12.2 Å². The van der Waals surface area contributed by atoms with Crippen LogP contribution in [0.15, 0.2) is 12.1 Å². The third-order valence-electron chi connectivity index (χ3n) is 3.53. The van der Waals surface area contributed by atoms with E-state index < -0.39 is 0 Å². The van der Waals surface area contributed by atoms with Crippen molar-refractivity contribution in [3.8, 4) is 17.6 Å². The van der Waals surface area contributed by atoms with E-state index in [1.54, 1.807) is 12.1 Å². The summed E-state index contributed by atoms with van der Waals surface area (Å²) < 4.78 is 5.13. The molecule has 0 spiro atoms. The van der Waals surface area contributed by atoms with Crippen molar-refractivity contribution in [3.63, 3.8) is 0 Å². The first kappa shape index (κ1) is 14.9. The number of phenolic OH excluding ortho intramolecular Hbond substituents is 1. The normalized spacial score (nSPS) is 17.4. The number of halogens is 1. The Morgan fingerprint density at radius 2 is 2.20 bits per heavy atom. The third kappa shape index (κ3) is 3.15. The first-order valence-electron chi connectivity index (χ1n) is 6.55. The second kappa shape index (κ2) is 6.80. The molecule has 2 rings (SSSR count). The second-order valence-electron chi connectivity index (χ2n) is 4.72. The predicted molar refractivity (Wildman–Crippen MR) is 77.1 cm³/mol. The van der Waals surface area contributed by atoms with Crippen LogP contribution in [0.4, 0.5) is 0 Å². The molecule has 0 radical (unpaired) electrons. The number of ether oxygens (including phenoxy) is 1. The number of benzene rings is 1. The number of phenols is 1. The minimum atomic E-state index is -0.0612. The van der Waals surface area contributed by atoms with Gasteiger partial charge in [-0.2, -0.15) is 5.26 Å². The minimum absolute atomic E-state index is 0.0332. The van der Waals surface area contributed by atoms with Crippen molar-refractivity contribution in [3.05, 3.63) is 22.7 Å². The summed E-state index contributed by atoms with van der Waals surface area (Å²) in [5.74, 6) is 0.277. The van der Waals surface area contributed by atoms with Crippen LogP contribution in [0, 0.1) is 11.3 Å². The van der Waals surface area contributed by atoms with Crippen molar-refractivity contribution in [1.29, 1.82) is 5.26 Å². The van der Waals surface area contributed by atoms with Crippen LogP contribution in [-0.4, -0.2) is 43.3 Å². The van der Waals surface area contributed by atoms with Gasteiger partial charge in [-0.1, -0.05) is 11.6 Å². The number of aromatic hydroxyl groups is 1. The summed E-state index contributed by atoms with van der Waals surface area (Å²) >= 11 is 6.04. The van der Waals surface area contributed by atoms with Gasteiger partial charge in [0.05, 0.1) is 24.6 Å². The van der Waals surface area contributed by atoms with Gasteiger partial charge in [-0.15, -0.1) is 0 Å². The number of hydrogen-bond donors (Lipinski definition) is 2. The molecule has 0 amide bonds. The van der Waals surface area contributed by atoms with E-state index in [9.17, 15) is 5.11 Å². The average molecular weight is 296 g/mol. The molecule has 1 heterocycles. The zero-order valence-corrected chi connectivity index (χ0v) is 12.2. The third-order valence-corrected chi connectivity index (χ3v) is 3.82. The molecule has 0 aromatic heterocycles. The van der Waals surface area contributed by atoms with Crippen LogP contribution in [0.3, 0.4) is 0 Å². The van der Waals surface area contributed by atoms with Crippen molar-refractivity contribution >= 4 is 11.6 Å². The highest BCUT2D eigenvalue weighted by molar-refractivity contribution is 6.32. The van der Waals surface area contributed by atoms with Crippen LogP contribution in [0.25, 0.3) is 0 Å². The number of piperazine rings is 1. The smallest absolute Gasteiger partial charge is 0.176 e. The molecule has 20 heavy (non-hydrogen) atoms. The van der Waals surface area contributed by atoms with Crippen molar-refractivity contribution in [2.75, 3.05) is 33.3 Å². The van der Waals surface area contributed by atoms with E-state index in [0.717, 1.165) is 31.7 Å². The first-order valence-corrected chi connectivity index (χ1v) is 6.93. The minimum Gasteiger partial charge on any atom is -0.503 e. The van der Waals surface area contributed by atoms with Crippen molar-refractivity contribution in [2.24, 2.45) is 0 Å². The molecule has 0 bridgehead atoms. The Balaban J connectivity index is 2.33. The van der Waals surface area contributed by atoms with Crippen LogP contribution in [0.2, 0.25) is 5.02 Å². The van der Waals surface area contributed by atoms with Crippen LogP contribution in [0.5, 0.6) is 11.5 Å². The fraction of sp³-hybridized carbons (Fsp3) is 0.500. The topological polar surface area (TPSA) is 68.5 Å². The van der Waals surface area contributed by atoms with Gasteiger partial charge in [0.1, 0.15) is 0 Å². The lowest BCUT2D eigenvalue weighted by molar-refractivity contribution is 0.175. The summed E-state index contributed by atoms with van der Waals surface area (Å²) in [5, 5.41) is 22.4. The van der Waals surface area contributed by atoms with Gasteiger partial charge in [0.2, 0.25) is 0 Å². The maximum absolute atomic E-state index is 9.80. The molecular formula is C14H18ClN3O2. The quantitative estimate of drug-likeness (QED) is 0.888. The highest BCUT2D eigenvalue weighted by Crippen LogP contribution is 2.38. The molecule has 1 saturated heterocycles. The van der Waals surface area contributed by atoms with E-state index in [4.69, 9.17) is 21.6 Å².